The number of aromatic nitrogens is 1. The first-order valence-electron chi connectivity index (χ1n) is 6.86. The summed E-state index contributed by atoms with van der Waals surface area (Å²) in [6.07, 6.45) is 4.25. The van der Waals surface area contributed by atoms with Gasteiger partial charge in [0.25, 0.3) is 0 Å². The van der Waals surface area contributed by atoms with Crippen molar-refractivity contribution in [2.75, 3.05) is 6.61 Å². The SMILES string of the molecule is CC1(C(O)c2cccc3ncccc23)CCCCO1. The molecular formula is C16H19NO2. The normalized spacial score (nSPS) is 25.4. The summed E-state index contributed by atoms with van der Waals surface area (Å²) in [5.41, 5.74) is 1.34. The second kappa shape index (κ2) is 4.91. The molecule has 0 aliphatic carbocycles. The molecule has 3 nitrogen and oxygen atoms in total. The number of nitrogens with zero attached hydrogens (tertiary/aromatic N) is 1. The number of hydrogen-bond donors (Lipinski definition) is 1. The van der Waals surface area contributed by atoms with E-state index < -0.39 is 11.7 Å². The van der Waals surface area contributed by atoms with E-state index in [2.05, 4.69) is 4.98 Å². The molecule has 1 fully saturated rings. The van der Waals surface area contributed by atoms with Gasteiger partial charge in [0.2, 0.25) is 0 Å². The molecule has 1 aliphatic rings. The predicted molar refractivity (Wildman–Crippen MR) is 74.9 cm³/mol. The van der Waals surface area contributed by atoms with Crippen LogP contribution in [0.4, 0.5) is 0 Å². The lowest BCUT2D eigenvalue weighted by Crippen LogP contribution is -2.39. The van der Waals surface area contributed by atoms with Gasteiger partial charge in [-0.25, -0.2) is 0 Å². The second-order valence-electron chi connectivity index (χ2n) is 5.44. The van der Waals surface area contributed by atoms with E-state index in [0.717, 1.165) is 42.3 Å². The number of fused-ring (bicyclic) bond motifs is 1. The summed E-state index contributed by atoms with van der Waals surface area (Å²) in [5, 5.41) is 11.8. The van der Waals surface area contributed by atoms with Crippen molar-refractivity contribution in [2.45, 2.75) is 37.9 Å². The largest absolute Gasteiger partial charge is 0.385 e. The number of hydrogen-bond acceptors (Lipinski definition) is 3. The van der Waals surface area contributed by atoms with Crippen molar-refractivity contribution in [3.63, 3.8) is 0 Å². The van der Waals surface area contributed by atoms with Crippen LogP contribution in [0, 0.1) is 0 Å². The summed E-state index contributed by atoms with van der Waals surface area (Å²) in [4.78, 5) is 4.34. The zero-order valence-corrected chi connectivity index (χ0v) is 11.2. The van der Waals surface area contributed by atoms with Gasteiger partial charge in [-0.1, -0.05) is 18.2 Å². The highest BCUT2D eigenvalue weighted by atomic mass is 16.5. The summed E-state index contributed by atoms with van der Waals surface area (Å²) >= 11 is 0. The van der Waals surface area contributed by atoms with Gasteiger partial charge >= 0.3 is 0 Å². The molecule has 0 spiro atoms. The number of aliphatic hydroxyl groups excluding tert-OH is 1. The standard InChI is InChI=1S/C16H19NO2/c1-16(9-2-3-11-19-16)15(18)13-6-4-8-14-12(13)7-5-10-17-14/h4-8,10,15,18H,2-3,9,11H2,1H3. The van der Waals surface area contributed by atoms with Gasteiger partial charge in [0, 0.05) is 18.2 Å². The number of ether oxygens (including phenoxy) is 1. The van der Waals surface area contributed by atoms with Crippen molar-refractivity contribution in [3.8, 4) is 0 Å². The minimum absolute atomic E-state index is 0.484. The van der Waals surface area contributed by atoms with Crippen LogP contribution >= 0.6 is 0 Å². The summed E-state index contributed by atoms with van der Waals surface area (Å²) < 4.78 is 5.86. The Bertz CT molecular complexity index is 570. The average Bonchev–Trinajstić information content (AvgIpc) is 2.47. The molecule has 2 heterocycles. The smallest absolute Gasteiger partial charge is 0.108 e. The van der Waals surface area contributed by atoms with Crippen LogP contribution < -0.4 is 0 Å². The van der Waals surface area contributed by atoms with Crippen molar-refractivity contribution in [1.82, 2.24) is 4.98 Å². The van der Waals surface area contributed by atoms with Crippen LogP contribution in [0.2, 0.25) is 0 Å². The summed E-state index contributed by atoms with van der Waals surface area (Å²) in [6.45, 7) is 2.74. The fourth-order valence-corrected chi connectivity index (χ4v) is 2.87. The van der Waals surface area contributed by atoms with Gasteiger partial charge in [-0.2, -0.15) is 0 Å². The van der Waals surface area contributed by atoms with E-state index >= 15 is 0 Å². The molecule has 1 saturated heterocycles. The predicted octanol–water partition coefficient (Wildman–Crippen LogP) is 3.23. The Hall–Kier alpha value is -1.45. The van der Waals surface area contributed by atoms with Crippen molar-refractivity contribution in [2.24, 2.45) is 0 Å². The molecule has 2 unspecified atom stereocenters. The minimum Gasteiger partial charge on any atom is -0.385 e. The average molecular weight is 257 g/mol. The lowest BCUT2D eigenvalue weighted by atomic mass is 9.85. The maximum Gasteiger partial charge on any atom is 0.108 e. The molecule has 1 aromatic carbocycles. The van der Waals surface area contributed by atoms with E-state index in [1.54, 1.807) is 6.20 Å². The van der Waals surface area contributed by atoms with Crippen LogP contribution in [0.3, 0.4) is 0 Å². The van der Waals surface area contributed by atoms with Crippen LogP contribution in [-0.2, 0) is 4.74 Å². The molecule has 2 aromatic rings. The van der Waals surface area contributed by atoms with E-state index in [1.807, 2.05) is 37.3 Å². The van der Waals surface area contributed by atoms with Crippen molar-refractivity contribution >= 4 is 10.9 Å². The van der Waals surface area contributed by atoms with Crippen molar-refractivity contribution in [3.05, 3.63) is 42.1 Å². The van der Waals surface area contributed by atoms with E-state index in [9.17, 15) is 5.11 Å². The van der Waals surface area contributed by atoms with Crippen LogP contribution in [0.1, 0.15) is 37.9 Å². The quantitative estimate of drug-likeness (QED) is 0.898. The van der Waals surface area contributed by atoms with Gasteiger partial charge in [-0.3, -0.25) is 4.98 Å². The first-order valence-corrected chi connectivity index (χ1v) is 6.86. The maximum atomic E-state index is 10.7. The van der Waals surface area contributed by atoms with Gasteiger partial charge in [0.15, 0.2) is 0 Å². The highest BCUT2D eigenvalue weighted by Gasteiger charge is 2.37. The Kier molecular flexibility index (Phi) is 3.25. The molecule has 1 aromatic heterocycles. The van der Waals surface area contributed by atoms with E-state index in [0.29, 0.717) is 0 Å². The van der Waals surface area contributed by atoms with Gasteiger partial charge in [0.05, 0.1) is 11.1 Å². The number of aliphatic hydroxyl groups is 1. The highest BCUT2D eigenvalue weighted by Crippen LogP contribution is 2.38. The van der Waals surface area contributed by atoms with E-state index in [-0.39, 0.29) is 0 Å². The highest BCUT2D eigenvalue weighted by molar-refractivity contribution is 5.82. The third-order valence-corrected chi connectivity index (χ3v) is 4.05. The lowest BCUT2D eigenvalue weighted by Gasteiger charge is -2.38. The molecule has 1 aliphatic heterocycles. The molecule has 0 saturated carbocycles. The molecule has 1 N–H and O–H groups in total. The van der Waals surface area contributed by atoms with Gasteiger partial charge < -0.3 is 9.84 Å². The molecule has 19 heavy (non-hydrogen) atoms. The Labute approximate surface area is 113 Å². The molecule has 2 atom stereocenters. The molecule has 0 bridgehead atoms. The third-order valence-electron chi connectivity index (χ3n) is 4.05. The van der Waals surface area contributed by atoms with Gasteiger partial charge in [0.1, 0.15) is 6.10 Å². The number of rotatable bonds is 2. The Morgan fingerprint density at radius 1 is 1.26 bits per heavy atom. The lowest BCUT2D eigenvalue weighted by molar-refractivity contribution is -0.137. The monoisotopic (exact) mass is 257 g/mol. The Morgan fingerprint density at radius 3 is 2.95 bits per heavy atom. The zero-order chi connectivity index (χ0) is 13.3. The van der Waals surface area contributed by atoms with Crippen molar-refractivity contribution < 1.29 is 9.84 Å². The first-order chi connectivity index (χ1) is 9.21. The van der Waals surface area contributed by atoms with E-state index in [1.165, 1.54) is 0 Å². The molecule has 100 valence electrons. The number of benzene rings is 1. The number of pyridine rings is 1. The van der Waals surface area contributed by atoms with Crippen LogP contribution in [-0.4, -0.2) is 22.3 Å². The maximum absolute atomic E-state index is 10.7. The van der Waals surface area contributed by atoms with Gasteiger partial charge in [-0.05, 0) is 43.9 Å². The zero-order valence-electron chi connectivity index (χ0n) is 11.2. The fourth-order valence-electron chi connectivity index (χ4n) is 2.87. The van der Waals surface area contributed by atoms with Crippen molar-refractivity contribution in [1.29, 1.82) is 0 Å². The summed E-state index contributed by atoms with van der Waals surface area (Å²) in [6, 6.07) is 9.79. The molecule has 0 radical (unpaired) electrons. The second-order valence-corrected chi connectivity index (χ2v) is 5.44. The summed E-state index contributed by atoms with van der Waals surface area (Å²) in [7, 11) is 0. The third kappa shape index (κ3) is 2.24. The van der Waals surface area contributed by atoms with Crippen LogP contribution in [0.5, 0.6) is 0 Å². The van der Waals surface area contributed by atoms with Crippen LogP contribution in [0.15, 0.2) is 36.5 Å². The molecule has 3 rings (SSSR count). The molecule has 0 amide bonds. The Balaban J connectivity index is 2.03. The minimum atomic E-state index is -0.610. The topological polar surface area (TPSA) is 42.4 Å². The van der Waals surface area contributed by atoms with Crippen LogP contribution in [0.25, 0.3) is 10.9 Å². The Morgan fingerprint density at radius 2 is 2.16 bits per heavy atom. The van der Waals surface area contributed by atoms with E-state index in [4.69, 9.17) is 4.74 Å². The summed E-state index contributed by atoms with van der Waals surface area (Å²) in [5.74, 6) is 0. The molecule has 3 heteroatoms. The van der Waals surface area contributed by atoms with Gasteiger partial charge in [-0.15, -0.1) is 0 Å². The first kappa shape index (κ1) is 12.6. The fraction of sp³-hybridized carbons (Fsp3) is 0.438. The molecular weight excluding hydrogens is 238 g/mol.